The van der Waals surface area contributed by atoms with E-state index in [0.29, 0.717) is 17.3 Å². The lowest BCUT2D eigenvalue weighted by Gasteiger charge is -2.14. The molecule has 1 amide bonds. The van der Waals surface area contributed by atoms with Crippen LogP contribution < -0.4 is 15.4 Å². The molecular formula is C14H21ClN2O2. The minimum Gasteiger partial charge on any atom is -0.483 e. The van der Waals surface area contributed by atoms with Crippen molar-refractivity contribution in [3.05, 3.63) is 28.8 Å². The maximum Gasteiger partial charge on any atom is 0.257 e. The molecule has 19 heavy (non-hydrogen) atoms. The Labute approximate surface area is 119 Å². The molecule has 0 aliphatic rings. The van der Waals surface area contributed by atoms with Crippen LogP contribution in [-0.4, -0.2) is 31.6 Å². The van der Waals surface area contributed by atoms with E-state index in [1.54, 1.807) is 18.2 Å². The zero-order chi connectivity index (χ0) is 14.3. The van der Waals surface area contributed by atoms with E-state index < -0.39 is 0 Å². The summed E-state index contributed by atoms with van der Waals surface area (Å²) in [6.07, 6.45) is 0. The van der Waals surface area contributed by atoms with Crippen LogP contribution in [0.3, 0.4) is 0 Å². The second-order valence-electron chi connectivity index (χ2n) is 4.41. The Morgan fingerprint density at radius 3 is 2.89 bits per heavy atom. The van der Waals surface area contributed by atoms with Gasteiger partial charge in [-0.15, -0.1) is 0 Å². The SMILES string of the molecule is CCN[C@H](C)CNC(=O)COc1cccc(Cl)c1C. The Morgan fingerprint density at radius 2 is 2.21 bits per heavy atom. The van der Waals surface area contributed by atoms with Gasteiger partial charge >= 0.3 is 0 Å². The highest BCUT2D eigenvalue weighted by molar-refractivity contribution is 6.31. The molecule has 5 heteroatoms. The van der Waals surface area contributed by atoms with Gasteiger partial charge in [-0.25, -0.2) is 0 Å². The average Bonchev–Trinajstić information content (AvgIpc) is 2.38. The molecule has 0 aliphatic carbocycles. The molecule has 0 fully saturated rings. The minimum atomic E-state index is -0.135. The van der Waals surface area contributed by atoms with Crippen LogP contribution in [0.4, 0.5) is 0 Å². The second-order valence-corrected chi connectivity index (χ2v) is 4.82. The number of amides is 1. The van der Waals surface area contributed by atoms with Crippen LogP contribution in [0.5, 0.6) is 5.75 Å². The maximum absolute atomic E-state index is 11.6. The van der Waals surface area contributed by atoms with Crippen LogP contribution in [0, 0.1) is 6.92 Å². The zero-order valence-electron chi connectivity index (χ0n) is 11.6. The quantitative estimate of drug-likeness (QED) is 0.807. The zero-order valence-corrected chi connectivity index (χ0v) is 12.4. The lowest BCUT2D eigenvalue weighted by molar-refractivity contribution is -0.123. The van der Waals surface area contributed by atoms with Gasteiger partial charge in [-0.3, -0.25) is 4.79 Å². The third-order valence-electron chi connectivity index (χ3n) is 2.73. The van der Waals surface area contributed by atoms with Gasteiger partial charge in [0.1, 0.15) is 5.75 Å². The fourth-order valence-corrected chi connectivity index (χ4v) is 1.79. The molecule has 0 aromatic heterocycles. The van der Waals surface area contributed by atoms with E-state index in [1.807, 2.05) is 20.8 Å². The molecule has 2 N–H and O–H groups in total. The summed E-state index contributed by atoms with van der Waals surface area (Å²) in [5.41, 5.74) is 0.845. The van der Waals surface area contributed by atoms with E-state index >= 15 is 0 Å². The molecule has 0 saturated carbocycles. The molecule has 106 valence electrons. The Morgan fingerprint density at radius 1 is 1.47 bits per heavy atom. The summed E-state index contributed by atoms with van der Waals surface area (Å²) in [5, 5.41) is 6.67. The number of benzene rings is 1. The van der Waals surface area contributed by atoms with Gasteiger partial charge in [0, 0.05) is 23.2 Å². The smallest absolute Gasteiger partial charge is 0.257 e. The number of carbonyl (C=O) groups excluding carboxylic acids is 1. The van der Waals surface area contributed by atoms with Gasteiger partial charge in [0.25, 0.3) is 5.91 Å². The van der Waals surface area contributed by atoms with Crippen LogP contribution in [0.2, 0.25) is 5.02 Å². The average molecular weight is 285 g/mol. The Bertz CT molecular complexity index is 424. The molecule has 1 aromatic carbocycles. The van der Waals surface area contributed by atoms with E-state index in [-0.39, 0.29) is 18.6 Å². The Hall–Kier alpha value is -1.26. The molecule has 0 bridgehead atoms. The fourth-order valence-electron chi connectivity index (χ4n) is 1.63. The number of hydrogen-bond donors (Lipinski definition) is 2. The lowest BCUT2D eigenvalue weighted by atomic mass is 10.2. The number of hydrogen-bond acceptors (Lipinski definition) is 3. The first-order valence-electron chi connectivity index (χ1n) is 6.42. The van der Waals surface area contributed by atoms with Crippen molar-refractivity contribution in [2.75, 3.05) is 19.7 Å². The van der Waals surface area contributed by atoms with Crippen LogP contribution in [0.15, 0.2) is 18.2 Å². The summed E-state index contributed by atoms with van der Waals surface area (Å²) < 4.78 is 5.45. The largest absolute Gasteiger partial charge is 0.483 e. The standard InChI is InChI=1S/C14H21ClN2O2/c1-4-16-10(2)8-17-14(18)9-19-13-7-5-6-12(15)11(13)3/h5-7,10,16H,4,8-9H2,1-3H3,(H,17,18)/t10-/m1/s1. The van der Waals surface area contributed by atoms with Gasteiger partial charge in [-0.1, -0.05) is 24.6 Å². The summed E-state index contributed by atoms with van der Waals surface area (Å²) in [5.74, 6) is 0.506. The molecule has 0 aliphatic heterocycles. The number of carbonyl (C=O) groups is 1. The summed E-state index contributed by atoms with van der Waals surface area (Å²) in [6.45, 7) is 7.39. The highest BCUT2D eigenvalue weighted by atomic mass is 35.5. The van der Waals surface area contributed by atoms with Crippen molar-refractivity contribution in [1.29, 1.82) is 0 Å². The number of ether oxygens (including phenoxy) is 1. The highest BCUT2D eigenvalue weighted by Crippen LogP contribution is 2.24. The van der Waals surface area contributed by atoms with Crippen LogP contribution in [0.1, 0.15) is 19.4 Å². The predicted molar refractivity (Wildman–Crippen MR) is 77.8 cm³/mol. The molecule has 1 atom stereocenters. The summed E-state index contributed by atoms with van der Waals surface area (Å²) in [4.78, 5) is 11.6. The number of nitrogens with one attached hydrogen (secondary N) is 2. The van der Waals surface area contributed by atoms with Crippen LogP contribution in [-0.2, 0) is 4.79 Å². The molecule has 0 unspecified atom stereocenters. The molecule has 0 saturated heterocycles. The van der Waals surface area contributed by atoms with Crippen molar-refractivity contribution in [1.82, 2.24) is 10.6 Å². The molecule has 0 spiro atoms. The molecule has 4 nitrogen and oxygen atoms in total. The number of likely N-dealkylation sites (N-methyl/N-ethyl adjacent to an activating group) is 1. The van der Waals surface area contributed by atoms with E-state index in [4.69, 9.17) is 16.3 Å². The van der Waals surface area contributed by atoms with Crippen molar-refractivity contribution in [2.45, 2.75) is 26.8 Å². The lowest BCUT2D eigenvalue weighted by Crippen LogP contribution is -2.40. The summed E-state index contributed by atoms with van der Waals surface area (Å²) in [7, 11) is 0. The van der Waals surface area contributed by atoms with E-state index in [1.165, 1.54) is 0 Å². The third kappa shape index (κ3) is 5.49. The topological polar surface area (TPSA) is 50.4 Å². The van der Waals surface area contributed by atoms with Crippen LogP contribution in [0.25, 0.3) is 0 Å². The van der Waals surface area contributed by atoms with Crippen molar-refractivity contribution < 1.29 is 9.53 Å². The van der Waals surface area contributed by atoms with Gasteiger partial charge in [-0.05, 0) is 32.5 Å². The maximum atomic E-state index is 11.6. The summed E-state index contributed by atoms with van der Waals surface area (Å²) in [6, 6.07) is 5.65. The molecule has 0 radical (unpaired) electrons. The van der Waals surface area contributed by atoms with E-state index in [0.717, 1.165) is 12.1 Å². The van der Waals surface area contributed by atoms with Gasteiger partial charge in [0.15, 0.2) is 6.61 Å². The molecule has 1 rings (SSSR count). The van der Waals surface area contributed by atoms with E-state index in [2.05, 4.69) is 10.6 Å². The first-order chi connectivity index (χ1) is 9.04. The van der Waals surface area contributed by atoms with Crippen molar-refractivity contribution in [2.24, 2.45) is 0 Å². The van der Waals surface area contributed by atoms with Gasteiger partial charge < -0.3 is 15.4 Å². The first kappa shape index (κ1) is 15.8. The van der Waals surface area contributed by atoms with Gasteiger partial charge in [-0.2, -0.15) is 0 Å². The first-order valence-corrected chi connectivity index (χ1v) is 6.80. The number of halogens is 1. The molecule has 1 aromatic rings. The normalized spacial score (nSPS) is 12.0. The second kappa shape index (κ2) is 8.02. The highest BCUT2D eigenvalue weighted by Gasteiger charge is 2.07. The van der Waals surface area contributed by atoms with E-state index in [9.17, 15) is 4.79 Å². The van der Waals surface area contributed by atoms with Crippen molar-refractivity contribution in [3.8, 4) is 5.75 Å². The monoisotopic (exact) mass is 284 g/mol. The van der Waals surface area contributed by atoms with Crippen LogP contribution >= 0.6 is 11.6 Å². The minimum absolute atomic E-state index is 0.0000270. The Balaban J connectivity index is 2.36. The molecule has 0 heterocycles. The third-order valence-corrected chi connectivity index (χ3v) is 3.14. The van der Waals surface area contributed by atoms with Crippen molar-refractivity contribution in [3.63, 3.8) is 0 Å². The fraction of sp³-hybridized carbons (Fsp3) is 0.500. The van der Waals surface area contributed by atoms with Gasteiger partial charge in [0.05, 0.1) is 0 Å². The predicted octanol–water partition coefficient (Wildman–Crippen LogP) is 2.14. The van der Waals surface area contributed by atoms with Crippen molar-refractivity contribution >= 4 is 17.5 Å². The summed E-state index contributed by atoms with van der Waals surface area (Å²) >= 11 is 5.98. The van der Waals surface area contributed by atoms with Gasteiger partial charge in [0.2, 0.25) is 0 Å². The Kier molecular flexibility index (Phi) is 6.67. The number of rotatable bonds is 7. The molecular weight excluding hydrogens is 264 g/mol.